The standard InChI is InChI=1S/C21H20N6O3/c1-12(14-7-6-13-4-2-3-5-15(13)8-14)27-18-17(10-23-27)24-21(25-19(18)28)26-11-16(9-22-26)20(29)30/h6-12H,2-5H2,1H3,(H,29,30)(H,24,25,28)/t12-/m0/s1. The predicted octanol–water partition coefficient (Wildman–Crippen LogP) is 2.90. The molecule has 3 aromatic heterocycles. The van der Waals surface area contributed by atoms with E-state index in [0.29, 0.717) is 11.0 Å². The van der Waals surface area contributed by atoms with E-state index in [1.807, 2.05) is 6.92 Å². The smallest absolute Gasteiger partial charge is 0.338 e. The topological polar surface area (TPSA) is 119 Å². The number of aromatic nitrogens is 6. The Balaban J connectivity index is 1.53. The maximum Gasteiger partial charge on any atom is 0.338 e. The highest BCUT2D eigenvalue weighted by atomic mass is 16.4. The van der Waals surface area contributed by atoms with Gasteiger partial charge in [0.1, 0.15) is 11.0 Å². The second kappa shape index (κ2) is 6.94. The van der Waals surface area contributed by atoms with Crippen LogP contribution >= 0.6 is 0 Å². The van der Waals surface area contributed by atoms with Crippen LogP contribution in [-0.4, -0.2) is 45.7 Å². The van der Waals surface area contributed by atoms with E-state index in [2.05, 4.69) is 38.4 Å². The number of aromatic carboxylic acids is 1. The monoisotopic (exact) mass is 404 g/mol. The molecule has 0 spiro atoms. The average molecular weight is 404 g/mol. The van der Waals surface area contributed by atoms with E-state index < -0.39 is 5.97 Å². The third-order valence-electron chi connectivity index (χ3n) is 5.67. The summed E-state index contributed by atoms with van der Waals surface area (Å²) in [6, 6.07) is 6.43. The number of carboxylic acid groups (broad SMARTS) is 1. The van der Waals surface area contributed by atoms with Crippen molar-refractivity contribution < 1.29 is 15.0 Å². The third kappa shape index (κ3) is 2.99. The van der Waals surface area contributed by atoms with Crippen LogP contribution in [0.5, 0.6) is 5.88 Å². The van der Waals surface area contributed by atoms with E-state index in [1.165, 1.54) is 41.0 Å². The molecule has 9 heteroatoms. The number of hydrogen-bond acceptors (Lipinski definition) is 6. The molecule has 1 atom stereocenters. The molecule has 5 rings (SSSR count). The van der Waals surface area contributed by atoms with Gasteiger partial charge in [0, 0.05) is 6.20 Å². The van der Waals surface area contributed by atoms with Gasteiger partial charge in [-0.1, -0.05) is 18.2 Å². The average Bonchev–Trinajstić information content (AvgIpc) is 3.40. The van der Waals surface area contributed by atoms with E-state index in [1.54, 1.807) is 10.9 Å². The van der Waals surface area contributed by atoms with Crippen LogP contribution in [0.1, 0.15) is 52.9 Å². The molecule has 1 aliphatic rings. The zero-order valence-corrected chi connectivity index (χ0v) is 16.4. The van der Waals surface area contributed by atoms with Crippen molar-refractivity contribution in [3.63, 3.8) is 0 Å². The Kier molecular flexibility index (Phi) is 4.23. The summed E-state index contributed by atoms with van der Waals surface area (Å²) >= 11 is 0. The van der Waals surface area contributed by atoms with Gasteiger partial charge in [-0.3, -0.25) is 4.68 Å². The Morgan fingerprint density at radius 3 is 2.67 bits per heavy atom. The molecule has 0 amide bonds. The first kappa shape index (κ1) is 18.3. The minimum absolute atomic E-state index is 0.00918. The molecular weight excluding hydrogens is 384 g/mol. The molecule has 0 fully saturated rings. The number of nitrogens with zero attached hydrogens (tertiary/aromatic N) is 6. The van der Waals surface area contributed by atoms with Gasteiger partial charge >= 0.3 is 5.97 Å². The molecule has 0 saturated carbocycles. The molecule has 3 heterocycles. The van der Waals surface area contributed by atoms with Gasteiger partial charge in [-0.25, -0.2) is 14.5 Å². The fraction of sp³-hybridized carbons (Fsp3) is 0.286. The van der Waals surface area contributed by atoms with Gasteiger partial charge in [0.2, 0.25) is 5.88 Å². The summed E-state index contributed by atoms with van der Waals surface area (Å²) < 4.78 is 2.93. The van der Waals surface area contributed by atoms with Crippen LogP contribution in [-0.2, 0) is 12.8 Å². The summed E-state index contributed by atoms with van der Waals surface area (Å²) in [7, 11) is 0. The Morgan fingerprint density at radius 1 is 1.10 bits per heavy atom. The van der Waals surface area contributed by atoms with Crippen LogP contribution in [0.2, 0.25) is 0 Å². The number of aryl methyl sites for hydroxylation is 2. The highest BCUT2D eigenvalue weighted by molar-refractivity contribution is 5.87. The van der Waals surface area contributed by atoms with Crippen molar-refractivity contribution in [3.8, 4) is 11.8 Å². The SMILES string of the molecule is C[C@@H](c1ccc2c(c1)CCCC2)n1ncc2nc(-n3cc(C(=O)O)cn3)nc(O)c21. The molecule has 9 nitrogen and oxygen atoms in total. The third-order valence-corrected chi connectivity index (χ3v) is 5.67. The Bertz CT molecular complexity index is 1280. The Labute approximate surface area is 171 Å². The summed E-state index contributed by atoms with van der Waals surface area (Å²) in [6.07, 6.45) is 8.74. The van der Waals surface area contributed by atoms with Crippen molar-refractivity contribution >= 4 is 17.0 Å². The molecular formula is C21H20N6O3. The summed E-state index contributed by atoms with van der Waals surface area (Å²) in [5.41, 5.74) is 4.80. The van der Waals surface area contributed by atoms with Crippen LogP contribution < -0.4 is 0 Å². The number of rotatable bonds is 4. The highest BCUT2D eigenvalue weighted by Gasteiger charge is 2.20. The number of hydrogen-bond donors (Lipinski definition) is 2. The number of benzene rings is 1. The molecule has 0 unspecified atom stereocenters. The Hall–Kier alpha value is -3.75. The first-order valence-corrected chi connectivity index (χ1v) is 9.85. The van der Waals surface area contributed by atoms with Crippen molar-refractivity contribution in [2.45, 2.75) is 38.6 Å². The van der Waals surface area contributed by atoms with Gasteiger partial charge < -0.3 is 10.2 Å². The van der Waals surface area contributed by atoms with Crippen LogP contribution in [0.15, 0.2) is 36.8 Å². The lowest BCUT2D eigenvalue weighted by Crippen LogP contribution is -2.11. The molecule has 30 heavy (non-hydrogen) atoms. The summed E-state index contributed by atoms with van der Waals surface area (Å²) in [5, 5.41) is 28.1. The van der Waals surface area contributed by atoms with Gasteiger partial charge in [-0.05, 0) is 49.3 Å². The van der Waals surface area contributed by atoms with Gasteiger partial charge in [0.15, 0.2) is 0 Å². The van der Waals surface area contributed by atoms with Crippen LogP contribution in [0.25, 0.3) is 17.0 Å². The quantitative estimate of drug-likeness (QED) is 0.537. The van der Waals surface area contributed by atoms with Crippen LogP contribution in [0, 0.1) is 0 Å². The van der Waals surface area contributed by atoms with Crippen molar-refractivity contribution in [1.29, 1.82) is 0 Å². The maximum absolute atomic E-state index is 11.1. The molecule has 4 aromatic rings. The Morgan fingerprint density at radius 2 is 1.90 bits per heavy atom. The second-order valence-electron chi connectivity index (χ2n) is 7.56. The summed E-state index contributed by atoms with van der Waals surface area (Å²) in [6.45, 7) is 2.02. The number of carbonyl (C=O) groups is 1. The molecule has 1 aromatic carbocycles. The van der Waals surface area contributed by atoms with Crippen molar-refractivity contribution in [3.05, 3.63) is 59.0 Å². The first-order valence-electron chi connectivity index (χ1n) is 9.85. The fourth-order valence-corrected chi connectivity index (χ4v) is 4.03. The molecule has 2 N–H and O–H groups in total. The van der Waals surface area contributed by atoms with Gasteiger partial charge in [0.25, 0.3) is 5.95 Å². The lowest BCUT2D eigenvalue weighted by atomic mass is 9.89. The molecule has 0 bridgehead atoms. The van der Waals surface area contributed by atoms with E-state index in [9.17, 15) is 9.90 Å². The molecule has 152 valence electrons. The zero-order valence-electron chi connectivity index (χ0n) is 16.4. The van der Waals surface area contributed by atoms with E-state index in [4.69, 9.17) is 5.11 Å². The second-order valence-corrected chi connectivity index (χ2v) is 7.56. The highest BCUT2D eigenvalue weighted by Crippen LogP contribution is 2.30. The largest absolute Gasteiger partial charge is 0.492 e. The van der Waals surface area contributed by atoms with Gasteiger partial charge in [-0.15, -0.1) is 0 Å². The van der Waals surface area contributed by atoms with Crippen LogP contribution in [0.4, 0.5) is 0 Å². The molecule has 1 aliphatic carbocycles. The first-order chi connectivity index (χ1) is 14.5. The minimum Gasteiger partial charge on any atom is -0.492 e. The van der Waals surface area contributed by atoms with Crippen molar-refractivity contribution in [2.75, 3.05) is 0 Å². The van der Waals surface area contributed by atoms with Gasteiger partial charge in [0.05, 0.1) is 24.0 Å². The predicted molar refractivity (Wildman–Crippen MR) is 108 cm³/mol. The summed E-state index contributed by atoms with van der Waals surface area (Å²) in [4.78, 5) is 19.6. The number of fused-ring (bicyclic) bond motifs is 2. The molecule has 0 aliphatic heterocycles. The van der Waals surface area contributed by atoms with Crippen molar-refractivity contribution in [2.24, 2.45) is 0 Å². The van der Waals surface area contributed by atoms with E-state index in [-0.39, 0.29) is 23.4 Å². The normalized spacial score (nSPS) is 14.6. The number of aromatic hydroxyl groups is 1. The maximum atomic E-state index is 11.1. The summed E-state index contributed by atoms with van der Waals surface area (Å²) in [5.74, 6) is -1.25. The lowest BCUT2D eigenvalue weighted by molar-refractivity contribution is 0.0697. The zero-order chi connectivity index (χ0) is 20.8. The van der Waals surface area contributed by atoms with Crippen molar-refractivity contribution in [1.82, 2.24) is 29.5 Å². The number of carboxylic acids is 1. The van der Waals surface area contributed by atoms with Crippen LogP contribution in [0.3, 0.4) is 0 Å². The minimum atomic E-state index is -1.10. The lowest BCUT2D eigenvalue weighted by Gasteiger charge is -2.20. The fourth-order valence-electron chi connectivity index (χ4n) is 4.03. The van der Waals surface area contributed by atoms with E-state index >= 15 is 0 Å². The molecule has 0 radical (unpaired) electrons. The van der Waals surface area contributed by atoms with E-state index in [0.717, 1.165) is 18.4 Å². The van der Waals surface area contributed by atoms with Gasteiger partial charge in [-0.2, -0.15) is 15.2 Å². The molecule has 0 saturated heterocycles.